The summed E-state index contributed by atoms with van der Waals surface area (Å²) in [7, 11) is 0. The minimum Gasteiger partial charge on any atom is -0.490 e. The van der Waals surface area contributed by atoms with Gasteiger partial charge in [0.05, 0.1) is 12.0 Å². The highest BCUT2D eigenvalue weighted by molar-refractivity contribution is 5.89. The number of hydrogen-bond acceptors (Lipinski definition) is 3. The molecule has 3 atom stereocenters. The molecule has 2 aliphatic heterocycles. The SMILES string of the molecule is CC[C@H]1CC[C@@H](Oc2ccc3ccc(CCN4C5CC[C@@H]4CC(C(=O)O)C5)cc3c2C(F)(F)F)CC1. The van der Waals surface area contributed by atoms with Crippen molar-refractivity contribution in [3.63, 3.8) is 0 Å². The number of aliphatic carboxylic acids is 1. The van der Waals surface area contributed by atoms with Crippen LogP contribution in [0.15, 0.2) is 30.3 Å². The van der Waals surface area contributed by atoms with Gasteiger partial charge in [-0.3, -0.25) is 9.69 Å². The number of ether oxygens (including phenoxy) is 1. The molecule has 4 nitrogen and oxygen atoms in total. The molecule has 0 amide bonds. The van der Waals surface area contributed by atoms with Crippen molar-refractivity contribution in [2.24, 2.45) is 11.8 Å². The third kappa shape index (κ3) is 5.22. The number of benzene rings is 2. The second-order valence-corrected chi connectivity index (χ2v) is 11.0. The molecule has 2 aromatic rings. The lowest BCUT2D eigenvalue weighted by Crippen LogP contribution is -2.45. The van der Waals surface area contributed by atoms with Crippen LogP contribution < -0.4 is 4.74 Å². The summed E-state index contributed by atoms with van der Waals surface area (Å²) in [6, 6.07) is 9.13. The van der Waals surface area contributed by atoms with Crippen LogP contribution in [0, 0.1) is 11.8 Å². The van der Waals surface area contributed by atoms with Gasteiger partial charge in [0, 0.05) is 18.6 Å². The van der Waals surface area contributed by atoms with Gasteiger partial charge in [-0.25, -0.2) is 0 Å². The maximum absolute atomic E-state index is 14.3. The molecule has 7 heteroatoms. The molecule has 0 spiro atoms. The Labute approximate surface area is 210 Å². The smallest absolute Gasteiger partial charge is 0.420 e. The van der Waals surface area contributed by atoms with Gasteiger partial charge in [0.2, 0.25) is 0 Å². The Morgan fingerprint density at radius 1 is 1.03 bits per heavy atom. The third-order valence-corrected chi connectivity index (χ3v) is 8.89. The van der Waals surface area contributed by atoms with Gasteiger partial charge in [-0.2, -0.15) is 13.2 Å². The maximum atomic E-state index is 14.3. The summed E-state index contributed by atoms with van der Waals surface area (Å²) < 4.78 is 49.0. The minimum atomic E-state index is -4.51. The molecule has 36 heavy (non-hydrogen) atoms. The van der Waals surface area contributed by atoms with Crippen LogP contribution in [0.2, 0.25) is 0 Å². The van der Waals surface area contributed by atoms with E-state index in [1.807, 2.05) is 6.07 Å². The fourth-order valence-corrected chi connectivity index (χ4v) is 6.83. The highest BCUT2D eigenvalue weighted by Crippen LogP contribution is 2.43. The van der Waals surface area contributed by atoms with Gasteiger partial charge >= 0.3 is 12.1 Å². The van der Waals surface area contributed by atoms with Crippen LogP contribution in [0.1, 0.15) is 75.8 Å². The fourth-order valence-electron chi connectivity index (χ4n) is 6.83. The predicted octanol–water partition coefficient (Wildman–Crippen LogP) is 7.08. The molecule has 2 unspecified atom stereocenters. The monoisotopic (exact) mass is 503 g/mol. The average Bonchev–Trinajstić information content (AvgIpc) is 3.08. The number of halogens is 3. The van der Waals surface area contributed by atoms with E-state index in [9.17, 15) is 23.1 Å². The fraction of sp³-hybridized carbons (Fsp3) is 0.621. The van der Waals surface area contributed by atoms with Crippen molar-refractivity contribution in [2.45, 2.75) is 95.5 Å². The van der Waals surface area contributed by atoms with E-state index < -0.39 is 17.7 Å². The normalized spacial score (nSPS) is 28.9. The van der Waals surface area contributed by atoms with Gasteiger partial charge in [0.1, 0.15) is 11.3 Å². The molecule has 1 N–H and O–H groups in total. The number of carboxylic acids is 1. The summed E-state index contributed by atoms with van der Waals surface area (Å²) in [4.78, 5) is 13.8. The van der Waals surface area contributed by atoms with E-state index in [0.717, 1.165) is 57.1 Å². The molecule has 3 fully saturated rings. The quantitative estimate of drug-likeness (QED) is 0.439. The number of nitrogens with zero attached hydrogens (tertiary/aromatic N) is 1. The minimum absolute atomic E-state index is 0.0547. The van der Waals surface area contributed by atoms with E-state index in [1.165, 1.54) is 6.07 Å². The van der Waals surface area contributed by atoms with Crippen LogP contribution in [0.25, 0.3) is 10.8 Å². The standard InChI is InChI=1S/C29H36F3NO3/c1-2-18-4-10-24(11-5-18)36-26-12-7-20-6-3-19(15-25(20)27(26)29(30,31)32)13-14-33-22-8-9-23(33)17-21(16-22)28(34)35/h3,6-7,12,15,18,21-24H,2,4-5,8-11,13-14,16-17H2,1H3,(H,34,35)/t18-,21?,22-,23?,24+/m1/s1. The van der Waals surface area contributed by atoms with E-state index in [1.54, 1.807) is 18.2 Å². The Bertz CT molecular complexity index is 1080. The number of hydrogen-bond donors (Lipinski definition) is 1. The number of carbonyl (C=O) groups is 1. The zero-order chi connectivity index (χ0) is 25.4. The van der Waals surface area contributed by atoms with Crippen molar-refractivity contribution in [1.82, 2.24) is 4.90 Å². The van der Waals surface area contributed by atoms with E-state index in [2.05, 4.69) is 11.8 Å². The number of carboxylic acid groups (broad SMARTS) is 1. The summed E-state index contributed by atoms with van der Waals surface area (Å²) in [5, 5.41) is 10.2. The highest BCUT2D eigenvalue weighted by atomic mass is 19.4. The third-order valence-electron chi connectivity index (χ3n) is 8.89. The number of alkyl halides is 3. The molecule has 2 aromatic carbocycles. The first-order valence-corrected chi connectivity index (χ1v) is 13.5. The van der Waals surface area contributed by atoms with Crippen LogP contribution >= 0.6 is 0 Å². The Balaban J connectivity index is 1.35. The summed E-state index contributed by atoms with van der Waals surface area (Å²) in [5.74, 6) is -0.390. The zero-order valence-electron chi connectivity index (χ0n) is 20.9. The number of piperidine rings is 1. The summed E-state index contributed by atoms with van der Waals surface area (Å²) in [5.41, 5.74) is 0.204. The van der Waals surface area contributed by atoms with Crippen LogP contribution in [0.4, 0.5) is 13.2 Å². The van der Waals surface area contributed by atoms with Crippen molar-refractivity contribution < 1.29 is 27.8 Å². The molecule has 2 saturated heterocycles. The summed E-state index contributed by atoms with van der Waals surface area (Å²) in [6.45, 7) is 2.91. The molecule has 0 radical (unpaired) electrons. The molecule has 2 heterocycles. The lowest BCUT2D eigenvalue weighted by atomic mass is 9.86. The average molecular weight is 504 g/mol. The Kier molecular flexibility index (Phi) is 7.21. The second-order valence-electron chi connectivity index (χ2n) is 11.0. The van der Waals surface area contributed by atoms with Gasteiger partial charge in [0.25, 0.3) is 0 Å². The topological polar surface area (TPSA) is 49.8 Å². The van der Waals surface area contributed by atoms with Gasteiger partial charge in [-0.05, 0) is 86.1 Å². The first-order chi connectivity index (χ1) is 17.2. The Hall–Kier alpha value is -2.28. The molecular formula is C29H36F3NO3. The van der Waals surface area contributed by atoms with Crippen molar-refractivity contribution in [1.29, 1.82) is 0 Å². The zero-order valence-corrected chi connectivity index (χ0v) is 20.9. The first kappa shape index (κ1) is 25.4. The summed E-state index contributed by atoms with van der Waals surface area (Å²) in [6.07, 6.45) is 4.04. The Morgan fingerprint density at radius 2 is 1.69 bits per heavy atom. The van der Waals surface area contributed by atoms with Gasteiger partial charge in [0.15, 0.2) is 0 Å². The van der Waals surface area contributed by atoms with Crippen LogP contribution in [0.3, 0.4) is 0 Å². The molecule has 2 bridgehead atoms. The van der Waals surface area contributed by atoms with Gasteiger partial charge < -0.3 is 9.84 Å². The van der Waals surface area contributed by atoms with Crippen molar-refractivity contribution in [3.05, 3.63) is 41.5 Å². The number of rotatable bonds is 7. The van der Waals surface area contributed by atoms with Crippen molar-refractivity contribution in [3.8, 4) is 5.75 Å². The molecule has 5 rings (SSSR count). The molecule has 0 aromatic heterocycles. The van der Waals surface area contributed by atoms with Crippen molar-refractivity contribution in [2.75, 3.05) is 6.54 Å². The van der Waals surface area contributed by atoms with E-state index in [-0.39, 0.29) is 35.2 Å². The van der Waals surface area contributed by atoms with Gasteiger partial charge in [-0.15, -0.1) is 0 Å². The van der Waals surface area contributed by atoms with E-state index in [0.29, 0.717) is 30.6 Å². The highest BCUT2D eigenvalue weighted by Gasteiger charge is 2.42. The lowest BCUT2D eigenvalue weighted by Gasteiger charge is -2.37. The van der Waals surface area contributed by atoms with E-state index >= 15 is 0 Å². The first-order valence-electron chi connectivity index (χ1n) is 13.5. The van der Waals surface area contributed by atoms with Crippen LogP contribution in [-0.4, -0.2) is 40.7 Å². The van der Waals surface area contributed by atoms with Gasteiger partial charge in [-0.1, -0.05) is 37.6 Å². The van der Waals surface area contributed by atoms with E-state index in [4.69, 9.17) is 4.74 Å². The molecule has 1 saturated carbocycles. The maximum Gasteiger partial charge on any atom is 0.420 e. The molecule has 196 valence electrons. The van der Waals surface area contributed by atoms with Crippen LogP contribution in [-0.2, 0) is 17.4 Å². The molecule has 3 aliphatic rings. The Morgan fingerprint density at radius 3 is 2.31 bits per heavy atom. The second kappa shape index (κ2) is 10.2. The largest absolute Gasteiger partial charge is 0.490 e. The summed E-state index contributed by atoms with van der Waals surface area (Å²) >= 11 is 0. The molecular weight excluding hydrogens is 467 g/mol. The van der Waals surface area contributed by atoms with Crippen LogP contribution in [0.5, 0.6) is 5.75 Å². The van der Waals surface area contributed by atoms with Crippen molar-refractivity contribution >= 4 is 16.7 Å². The lowest BCUT2D eigenvalue weighted by molar-refractivity contribution is -0.144. The predicted molar refractivity (Wildman–Crippen MR) is 133 cm³/mol. The molecule has 1 aliphatic carbocycles. The number of fused-ring (bicyclic) bond motifs is 3.